The fourth-order valence-corrected chi connectivity index (χ4v) is 4.43. The summed E-state index contributed by atoms with van der Waals surface area (Å²) in [6, 6.07) is 12.0. The van der Waals surface area contributed by atoms with E-state index in [1.807, 2.05) is 0 Å². The quantitative estimate of drug-likeness (QED) is 0.521. The van der Waals surface area contributed by atoms with Crippen molar-refractivity contribution in [3.05, 3.63) is 59.7 Å². The standard InChI is InChI=1S/C20H21NO6S/c1-26-17-8-4-16(5-9-17)20(23)27-14-19(22)15-6-10-18(11-7-15)28(24,25)21-12-2-3-13-21/h4-11H,2-3,12-14H2,1H3. The molecule has 1 heterocycles. The van der Waals surface area contributed by atoms with Crippen molar-refractivity contribution in [2.24, 2.45) is 0 Å². The predicted molar refractivity (Wildman–Crippen MR) is 102 cm³/mol. The largest absolute Gasteiger partial charge is 0.497 e. The van der Waals surface area contributed by atoms with Crippen LogP contribution in [-0.4, -0.2) is 51.3 Å². The Morgan fingerprint density at radius 3 is 2.07 bits per heavy atom. The molecule has 0 spiro atoms. The summed E-state index contributed by atoms with van der Waals surface area (Å²) in [5.41, 5.74) is 0.587. The van der Waals surface area contributed by atoms with Crippen LogP contribution in [0.1, 0.15) is 33.6 Å². The molecule has 1 fully saturated rings. The summed E-state index contributed by atoms with van der Waals surface area (Å²) >= 11 is 0. The van der Waals surface area contributed by atoms with E-state index in [-0.39, 0.29) is 10.5 Å². The van der Waals surface area contributed by atoms with Gasteiger partial charge < -0.3 is 9.47 Å². The molecule has 0 N–H and O–H groups in total. The molecule has 3 rings (SSSR count). The van der Waals surface area contributed by atoms with E-state index >= 15 is 0 Å². The highest BCUT2D eigenvalue weighted by Gasteiger charge is 2.27. The van der Waals surface area contributed by atoms with E-state index in [0.29, 0.717) is 24.4 Å². The summed E-state index contributed by atoms with van der Waals surface area (Å²) in [6.45, 7) is 0.609. The van der Waals surface area contributed by atoms with Gasteiger partial charge in [-0.2, -0.15) is 4.31 Å². The third-order valence-electron chi connectivity index (χ3n) is 4.54. The van der Waals surface area contributed by atoms with Gasteiger partial charge >= 0.3 is 5.97 Å². The van der Waals surface area contributed by atoms with Crippen molar-refractivity contribution >= 4 is 21.8 Å². The molecule has 1 saturated heterocycles. The number of rotatable bonds is 7. The Morgan fingerprint density at radius 1 is 0.929 bits per heavy atom. The first-order valence-corrected chi connectivity index (χ1v) is 10.3. The number of hydrogen-bond donors (Lipinski definition) is 0. The Hall–Kier alpha value is -2.71. The van der Waals surface area contributed by atoms with E-state index in [2.05, 4.69) is 0 Å². The molecule has 0 aromatic heterocycles. The lowest BCUT2D eigenvalue weighted by atomic mass is 10.1. The van der Waals surface area contributed by atoms with Crippen molar-refractivity contribution < 1.29 is 27.5 Å². The minimum absolute atomic E-state index is 0.154. The number of nitrogens with zero attached hydrogens (tertiary/aromatic N) is 1. The Balaban J connectivity index is 1.60. The van der Waals surface area contributed by atoms with E-state index in [4.69, 9.17) is 9.47 Å². The summed E-state index contributed by atoms with van der Waals surface area (Å²) in [5, 5.41) is 0. The second-order valence-electron chi connectivity index (χ2n) is 6.36. The molecular formula is C20H21NO6S. The number of hydrogen-bond acceptors (Lipinski definition) is 6. The van der Waals surface area contributed by atoms with E-state index in [9.17, 15) is 18.0 Å². The van der Waals surface area contributed by atoms with Gasteiger partial charge in [0.2, 0.25) is 10.0 Å². The van der Waals surface area contributed by atoms with Crippen LogP contribution >= 0.6 is 0 Å². The number of carbonyl (C=O) groups is 2. The molecule has 148 valence electrons. The second kappa shape index (κ2) is 8.53. The van der Waals surface area contributed by atoms with Gasteiger partial charge in [0, 0.05) is 18.7 Å². The van der Waals surface area contributed by atoms with Gasteiger partial charge in [0.05, 0.1) is 17.6 Å². The lowest BCUT2D eigenvalue weighted by Gasteiger charge is -2.15. The molecule has 8 heteroatoms. The van der Waals surface area contributed by atoms with Gasteiger partial charge in [0.25, 0.3) is 0 Å². The van der Waals surface area contributed by atoms with Crippen LogP contribution in [0, 0.1) is 0 Å². The lowest BCUT2D eigenvalue weighted by Crippen LogP contribution is -2.27. The number of sulfonamides is 1. The molecule has 0 bridgehead atoms. The van der Waals surface area contributed by atoms with Crippen LogP contribution in [0.4, 0.5) is 0 Å². The summed E-state index contributed by atoms with van der Waals surface area (Å²) in [5.74, 6) is -0.423. The summed E-state index contributed by atoms with van der Waals surface area (Å²) in [4.78, 5) is 24.4. The van der Waals surface area contributed by atoms with Gasteiger partial charge in [0.15, 0.2) is 12.4 Å². The number of carbonyl (C=O) groups excluding carboxylic acids is 2. The van der Waals surface area contributed by atoms with Crippen molar-refractivity contribution in [1.29, 1.82) is 0 Å². The Morgan fingerprint density at radius 2 is 1.50 bits per heavy atom. The zero-order chi connectivity index (χ0) is 20.1. The molecule has 0 atom stereocenters. The Bertz CT molecular complexity index is 945. The van der Waals surface area contributed by atoms with Crippen molar-refractivity contribution in [2.75, 3.05) is 26.8 Å². The summed E-state index contributed by atoms with van der Waals surface area (Å²) in [7, 11) is -2.00. The summed E-state index contributed by atoms with van der Waals surface area (Å²) < 4.78 is 36.5. The average Bonchev–Trinajstić information content (AvgIpc) is 3.28. The predicted octanol–water partition coefficient (Wildman–Crippen LogP) is 2.52. The first-order valence-electron chi connectivity index (χ1n) is 8.86. The Kier molecular flexibility index (Phi) is 6.11. The maximum absolute atomic E-state index is 12.5. The fraction of sp³-hybridized carbons (Fsp3) is 0.300. The van der Waals surface area contributed by atoms with Gasteiger partial charge in [-0.05, 0) is 61.4 Å². The molecule has 28 heavy (non-hydrogen) atoms. The van der Waals surface area contributed by atoms with Crippen LogP contribution in [0.25, 0.3) is 0 Å². The van der Waals surface area contributed by atoms with Crippen LogP contribution in [0.2, 0.25) is 0 Å². The van der Waals surface area contributed by atoms with E-state index in [1.54, 1.807) is 24.3 Å². The second-order valence-corrected chi connectivity index (χ2v) is 8.30. The molecular weight excluding hydrogens is 382 g/mol. The van der Waals surface area contributed by atoms with Gasteiger partial charge in [-0.1, -0.05) is 0 Å². The van der Waals surface area contributed by atoms with Crippen LogP contribution in [-0.2, 0) is 14.8 Å². The van der Waals surface area contributed by atoms with Gasteiger partial charge in [-0.15, -0.1) is 0 Å². The average molecular weight is 403 g/mol. The first kappa shape index (κ1) is 20.0. The van der Waals surface area contributed by atoms with Gasteiger partial charge in [-0.25, -0.2) is 13.2 Å². The third-order valence-corrected chi connectivity index (χ3v) is 6.45. The molecule has 0 amide bonds. The minimum Gasteiger partial charge on any atom is -0.497 e. The number of Topliss-reactive ketones (excluding diaryl/α,β-unsaturated/α-hetero) is 1. The van der Waals surface area contributed by atoms with E-state index < -0.39 is 28.4 Å². The van der Waals surface area contributed by atoms with Gasteiger partial charge in [-0.3, -0.25) is 4.79 Å². The zero-order valence-electron chi connectivity index (χ0n) is 15.5. The maximum atomic E-state index is 12.5. The summed E-state index contributed by atoms with van der Waals surface area (Å²) in [6.07, 6.45) is 1.71. The molecule has 1 aliphatic rings. The highest BCUT2D eigenvalue weighted by Crippen LogP contribution is 2.21. The van der Waals surface area contributed by atoms with Crippen LogP contribution in [0.3, 0.4) is 0 Å². The highest BCUT2D eigenvalue weighted by molar-refractivity contribution is 7.89. The van der Waals surface area contributed by atoms with Crippen LogP contribution in [0.15, 0.2) is 53.4 Å². The molecule has 7 nitrogen and oxygen atoms in total. The lowest BCUT2D eigenvalue weighted by molar-refractivity contribution is 0.0474. The third kappa shape index (κ3) is 4.40. The number of esters is 1. The number of ketones is 1. The normalized spacial score (nSPS) is 14.6. The van der Waals surface area contributed by atoms with Crippen molar-refractivity contribution in [2.45, 2.75) is 17.7 Å². The zero-order valence-corrected chi connectivity index (χ0v) is 16.3. The Labute approximate surface area is 163 Å². The van der Waals surface area contributed by atoms with Gasteiger partial charge in [0.1, 0.15) is 5.75 Å². The molecule has 2 aromatic rings. The molecule has 0 aliphatic carbocycles. The smallest absolute Gasteiger partial charge is 0.338 e. The van der Waals surface area contributed by atoms with Crippen LogP contribution < -0.4 is 4.74 Å². The maximum Gasteiger partial charge on any atom is 0.338 e. The minimum atomic E-state index is -3.52. The monoisotopic (exact) mass is 403 g/mol. The molecule has 0 radical (unpaired) electrons. The van der Waals surface area contributed by atoms with Crippen molar-refractivity contribution in [3.63, 3.8) is 0 Å². The van der Waals surface area contributed by atoms with Crippen molar-refractivity contribution in [1.82, 2.24) is 4.31 Å². The topological polar surface area (TPSA) is 90.0 Å². The molecule has 0 saturated carbocycles. The fourth-order valence-electron chi connectivity index (χ4n) is 2.92. The number of ether oxygens (including phenoxy) is 2. The highest BCUT2D eigenvalue weighted by atomic mass is 32.2. The number of methoxy groups -OCH3 is 1. The molecule has 2 aromatic carbocycles. The number of benzene rings is 2. The van der Waals surface area contributed by atoms with E-state index in [1.165, 1.54) is 35.7 Å². The first-order chi connectivity index (χ1) is 13.4. The van der Waals surface area contributed by atoms with Crippen molar-refractivity contribution in [3.8, 4) is 5.75 Å². The van der Waals surface area contributed by atoms with Crippen LogP contribution in [0.5, 0.6) is 5.75 Å². The molecule has 1 aliphatic heterocycles. The van der Waals surface area contributed by atoms with E-state index in [0.717, 1.165) is 12.8 Å². The SMILES string of the molecule is COc1ccc(C(=O)OCC(=O)c2ccc(S(=O)(=O)N3CCCC3)cc2)cc1. The molecule has 0 unspecified atom stereocenters.